The smallest absolute Gasteiger partial charge is 0.303 e. The molecule has 1 amide bonds. The number of esters is 3. The average molecular weight is 403 g/mol. The Morgan fingerprint density at radius 3 is 1.96 bits per heavy atom. The fraction of sp³-hybridized carbons (Fsp3) is 0.778. The lowest BCUT2D eigenvalue weighted by Crippen LogP contribution is -2.66. The standard InChI is InChI=1S/C18H29NO9/c1-9(2)7-25-18-15(19-10(3)20)17(27-13(6)23)16(26-12(5)22)14(28-18)8-24-11(4)21/h9,14-18H,7-8H2,1-6H3,(H,19,20)/t14-,15+,16+,17+,18+/m0/s1. The van der Waals surface area contributed by atoms with Crippen molar-refractivity contribution in [1.29, 1.82) is 0 Å². The Kier molecular flexibility index (Phi) is 9.33. The molecule has 0 unspecified atom stereocenters. The summed E-state index contributed by atoms with van der Waals surface area (Å²) in [6.07, 6.45) is -4.18. The van der Waals surface area contributed by atoms with E-state index in [0.29, 0.717) is 6.61 Å². The highest BCUT2D eigenvalue weighted by atomic mass is 16.7. The number of amides is 1. The van der Waals surface area contributed by atoms with Crippen molar-refractivity contribution >= 4 is 23.8 Å². The predicted octanol–water partition coefficient (Wildman–Crippen LogP) is 0.315. The third-order valence-corrected chi connectivity index (χ3v) is 3.67. The summed E-state index contributed by atoms with van der Waals surface area (Å²) in [5.41, 5.74) is 0. The van der Waals surface area contributed by atoms with Crippen molar-refractivity contribution in [3.63, 3.8) is 0 Å². The molecule has 10 heteroatoms. The normalized spacial score (nSPS) is 27.0. The largest absolute Gasteiger partial charge is 0.463 e. The number of rotatable bonds is 8. The van der Waals surface area contributed by atoms with Crippen LogP contribution in [0.5, 0.6) is 0 Å². The number of ether oxygens (including phenoxy) is 5. The number of nitrogens with one attached hydrogen (secondary N) is 1. The van der Waals surface area contributed by atoms with Crippen LogP contribution >= 0.6 is 0 Å². The van der Waals surface area contributed by atoms with Gasteiger partial charge in [-0.05, 0) is 5.92 Å². The summed E-state index contributed by atoms with van der Waals surface area (Å²) in [4.78, 5) is 46.2. The first-order valence-electron chi connectivity index (χ1n) is 9.03. The molecule has 10 nitrogen and oxygen atoms in total. The molecule has 0 spiro atoms. The van der Waals surface area contributed by atoms with Crippen molar-refractivity contribution in [3.05, 3.63) is 0 Å². The van der Waals surface area contributed by atoms with Crippen LogP contribution in [0.3, 0.4) is 0 Å². The van der Waals surface area contributed by atoms with Crippen molar-refractivity contribution in [3.8, 4) is 0 Å². The number of hydrogen-bond acceptors (Lipinski definition) is 9. The van der Waals surface area contributed by atoms with Crippen molar-refractivity contribution in [2.24, 2.45) is 5.92 Å². The summed E-state index contributed by atoms with van der Waals surface area (Å²) >= 11 is 0. The molecule has 0 saturated carbocycles. The molecule has 1 heterocycles. The quantitative estimate of drug-likeness (QED) is 0.450. The Balaban J connectivity index is 3.24. The van der Waals surface area contributed by atoms with Gasteiger partial charge in [-0.1, -0.05) is 13.8 Å². The number of hydrogen-bond donors (Lipinski definition) is 1. The van der Waals surface area contributed by atoms with Gasteiger partial charge in [-0.2, -0.15) is 0 Å². The van der Waals surface area contributed by atoms with Gasteiger partial charge >= 0.3 is 17.9 Å². The molecule has 0 aromatic carbocycles. The van der Waals surface area contributed by atoms with E-state index >= 15 is 0 Å². The van der Waals surface area contributed by atoms with E-state index in [-0.39, 0.29) is 12.5 Å². The van der Waals surface area contributed by atoms with Crippen LogP contribution in [0.15, 0.2) is 0 Å². The predicted molar refractivity (Wildman–Crippen MR) is 94.8 cm³/mol. The topological polar surface area (TPSA) is 126 Å². The fourth-order valence-electron chi connectivity index (χ4n) is 2.72. The number of carbonyl (C=O) groups excluding carboxylic acids is 4. The lowest BCUT2D eigenvalue weighted by Gasteiger charge is -2.45. The lowest BCUT2D eigenvalue weighted by molar-refractivity contribution is -0.279. The van der Waals surface area contributed by atoms with E-state index in [1.54, 1.807) is 0 Å². The molecule has 0 aromatic rings. The summed E-state index contributed by atoms with van der Waals surface area (Å²) < 4.78 is 27.2. The molecular formula is C18H29NO9. The third-order valence-electron chi connectivity index (χ3n) is 3.67. The molecule has 28 heavy (non-hydrogen) atoms. The zero-order valence-corrected chi connectivity index (χ0v) is 17.1. The van der Waals surface area contributed by atoms with Crippen LogP contribution in [0, 0.1) is 5.92 Å². The summed E-state index contributed by atoms with van der Waals surface area (Å²) in [6.45, 7) is 8.79. The van der Waals surface area contributed by atoms with E-state index in [9.17, 15) is 19.2 Å². The van der Waals surface area contributed by atoms with E-state index in [4.69, 9.17) is 23.7 Å². The van der Waals surface area contributed by atoms with Crippen LogP contribution in [-0.2, 0) is 42.9 Å². The second-order valence-corrected chi connectivity index (χ2v) is 6.95. The molecule has 1 aliphatic heterocycles. The Morgan fingerprint density at radius 2 is 1.50 bits per heavy atom. The van der Waals surface area contributed by atoms with Gasteiger partial charge in [-0.25, -0.2) is 0 Å². The Morgan fingerprint density at radius 1 is 0.929 bits per heavy atom. The molecule has 1 rings (SSSR count). The Bertz CT molecular complexity index is 577. The molecule has 1 fully saturated rings. The average Bonchev–Trinajstić information content (AvgIpc) is 2.54. The van der Waals surface area contributed by atoms with E-state index in [1.807, 2.05) is 13.8 Å². The second-order valence-electron chi connectivity index (χ2n) is 6.95. The summed E-state index contributed by atoms with van der Waals surface area (Å²) in [5, 5.41) is 2.63. The van der Waals surface area contributed by atoms with E-state index in [0.717, 1.165) is 0 Å². The lowest BCUT2D eigenvalue weighted by atomic mass is 9.96. The SMILES string of the molecule is CC(=O)N[C@H]1[C@H](OCC(C)C)O[C@@H](COC(C)=O)[C@@H](OC(C)=O)[C@@H]1OC(C)=O. The summed E-state index contributed by atoms with van der Waals surface area (Å²) in [5.74, 6) is -2.11. The molecule has 1 N–H and O–H groups in total. The third kappa shape index (κ3) is 7.81. The van der Waals surface area contributed by atoms with Gasteiger partial charge in [0.2, 0.25) is 5.91 Å². The fourth-order valence-corrected chi connectivity index (χ4v) is 2.72. The molecule has 1 saturated heterocycles. The van der Waals surface area contributed by atoms with Crippen molar-refractivity contribution in [2.75, 3.05) is 13.2 Å². The van der Waals surface area contributed by atoms with E-state index < -0.39 is 54.5 Å². The minimum atomic E-state index is -1.11. The van der Waals surface area contributed by atoms with Crippen LogP contribution in [0.1, 0.15) is 41.5 Å². The zero-order chi connectivity index (χ0) is 21.4. The molecule has 0 radical (unpaired) electrons. The highest BCUT2D eigenvalue weighted by Gasteiger charge is 2.51. The second kappa shape index (κ2) is 11.0. The first kappa shape index (κ1) is 23.8. The highest BCUT2D eigenvalue weighted by Crippen LogP contribution is 2.28. The van der Waals surface area contributed by atoms with Gasteiger partial charge in [0.25, 0.3) is 0 Å². The number of carbonyl (C=O) groups is 4. The van der Waals surface area contributed by atoms with Gasteiger partial charge in [0, 0.05) is 27.7 Å². The van der Waals surface area contributed by atoms with Gasteiger partial charge in [-0.15, -0.1) is 0 Å². The van der Waals surface area contributed by atoms with Gasteiger partial charge < -0.3 is 29.0 Å². The van der Waals surface area contributed by atoms with Crippen LogP contribution in [0.4, 0.5) is 0 Å². The minimum Gasteiger partial charge on any atom is -0.463 e. The molecule has 0 aromatic heterocycles. The van der Waals surface area contributed by atoms with Gasteiger partial charge in [0.1, 0.15) is 18.8 Å². The Hall–Kier alpha value is -2.20. The van der Waals surface area contributed by atoms with E-state index in [2.05, 4.69) is 5.32 Å². The maximum atomic E-state index is 11.7. The molecule has 0 aliphatic carbocycles. The molecule has 1 aliphatic rings. The monoisotopic (exact) mass is 403 g/mol. The molecule has 5 atom stereocenters. The maximum absolute atomic E-state index is 11.7. The van der Waals surface area contributed by atoms with Crippen LogP contribution in [0.25, 0.3) is 0 Å². The molecule has 160 valence electrons. The van der Waals surface area contributed by atoms with Gasteiger partial charge in [0.05, 0.1) is 6.61 Å². The van der Waals surface area contributed by atoms with Crippen molar-refractivity contribution < 1.29 is 42.9 Å². The zero-order valence-electron chi connectivity index (χ0n) is 17.1. The summed E-state index contributed by atoms with van der Waals surface area (Å²) in [7, 11) is 0. The Labute approximate surface area is 164 Å². The summed E-state index contributed by atoms with van der Waals surface area (Å²) in [6, 6.07) is -0.932. The van der Waals surface area contributed by atoms with Gasteiger partial charge in [-0.3, -0.25) is 19.2 Å². The first-order chi connectivity index (χ1) is 13.0. The first-order valence-corrected chi connectivity index (χ1v) is 9.03. The van der Waals surface area contributed by atoms with Gasteiger partial charge in [0.15, 0.2) is 18.5 Å². The van der Waals surface area contributed by atoms with Crippen LogP contribution in [-0.4, -0.2) is 67.7 Å². The maximum Gasteiger partial charge on any atom is 0.303 e. The van der Waals surface area contributed by atoms with E-state index in [1.165, 1.54) is 27.7 Å². The van der Waals surface area contributed by atoms with Crippen LogP contribution < -0.4 is 5.32 Å². The molecular weight excluding hydrogens is 374 g/mol. The van der Waals surface area contributed by atoms with Crippen molar-refractivity contribution in [1.82, 2.24) is 5.32 Å². The van der Waals surface area contributed by atoms with Crippen LogP contribution in [0.2, 0.25) is 0 Å². The highest BCUT2D eigenvalue weighted by molar-refractivity contribution is 5.73. The molecule has 0 bridgehead atoms. The minimum absolute atomic E-state index is 0.159. The van der Waals surface area contributed by atoms with Crippen molar-refractivity contribution in [2.45, 2.75) is 72.2 Å².